The minimum atomic E-state index is 0.0812. The number of benzene rings is 1. The fourth-order valence-electron chi connectivity index (χ4n) is 1.93. The first-order valence-electron chi connectivity index (χ1n) is 6.87. The highest BCUT2D eigenvalue weighted by molar-refractivity contribution is 14.1. The summed E-state index contributed by atoms with van der Waals surface area (Å²) in [4.78, 5) is 14.1. The largest absolute Gasteiger partial charge is 0.492 e. The molecule has 0 aliphatic heterocycles. The summed E-state index contributed by atoms with van der Waals surface area (Å²) in [7, 11) is 0. The van der Waals surface area contributed by atoms with E-state index in [0.29, 0.717) is 0 Å². The number of rotatable bonds is 6. The van der Waals surface area contributed by atoms with Crippen molar-refractivity contribution >= 4 is 28.5 Å². The highest BCUT2D eigenvalue weighted by Gasteiger charge is 2.22. The monoisotopic (exact) mass is 373 g/mol. The Balaban J connectivity index is 2.11. The molecule has 1 aliphatic carbocycles. The number of ether oxygens (including phenoxy) is 1. The maximum Gasteiger partial charge on any atom is 0.253 e. The average Bonchev–Trinajstić information content (AvgIpc) is 3.23. The molecule has 0 N–H and O–H groups in total. The topological polar surface area (TPSA) is 29.5 Å². The second kappa shape index (κ2) is 6.59. The lowest BCUT2D eigenvalue weighted by Gasteiger charge is -2.19. The fraction of sp³-hybridized carbons (Fsp3) is 0.533. The van der Waals surface area contributed by atoms with Crippen molar-refractivity contribution in [1.82, 2.24) is 4.90 Å². The van der Waals surface area contributed by atoms with Gasteiger partial charge in [-0.25, -0.2) is 0 Å². The molecule has 0 unspecified atom stereocenters. The van der Waals surface area contributed by atoms with Gasteiger partial charge in [0.2, 0.25) is 0 Å². The summed E-state index contributed by atoms with van der Waals surface area (Å²) in [5.74, 6) is 1.64. The van der Waals surface area contributed by atoms with E-state index in [9.17, 15) is 4.79 Å². The Labute approximate surface area is 128 Å². The van der Waals surface area contributed by atoms with Gasteiger partial charge in [-0.1, -0.05) is 0 Å². The van der Waals surface area contributed by atoms with Crippen molar-refractivity contribution in [2.24, 2.45) is 5.92 Å². The maximum atomic E-state index is 12.3. The van der Waals surface area contributed by atoms with E-state index in [-0.39, 0.29) is 5.91 Å². The second-order valence-electron chi connectivity index (χ2n) is 4.88. The molecule has 1 aliphatic rings. The van der Waals surface area contributed by atoms with Crippen LogP contribution in [-0.4, -0.2) is 30.5 Å². The van der Waals surface area contributed by atoms with Crippen LogP contribution in [0.15, 0.2) is 18.2 Å². The van der Waals surface area contributed by atoms with Crippen molar-refractivity contribution in [1.29, 1.82) is 0 Å². The molecule has 104 valence electrons. The number of hydrogen-bond acceptors (Lipinski definition) is 2. The zero-order valence-corrected chi connectivity index (χ0v) is 13.6. The molecule has 0 bridgehead atoms. The van der Waals surface area contributed by atoms with E-state index < -0.39 is 0 Å². The predicted molar refractivity (Wildman–Crippen MR) is 84.6 cm³/mol. The number of carbonyl (C=O) groups is 1. The van der Waals surface area contributed by atoms with Gasteiger partial charge in [0, 0.05) is 18.7 Å². The molecule has 1 aromatic rings. The van der Waals surface area contributed by atoms with Crippen LogP contribution in [0.1, 0.15) is 37.0 Å². The lowest BCUT2D eigenvalue weighted by atomic mass is 10.2. The van der Waals surface area contributed by atoms with E-state index in [1.807, 2.05) is 36.9 Å². The SMILES string of the molecule is CCN(CC)C(=O)c1ccc(I)c(OCC2CC2)c1. The first-order chi connectivity index (χ1) is 9.15. The van der Waals surface area contributed by atoms with Gasteiger partial charge in [0.05, 0.1) is 10.2 Å². The van der Waals surface area contributed by atoms with Crippen molar-refractivity contribution < 1.29 is 9.53 Å². The first kappa shape index (κ1) is 14.6. The second-order valence-corrected chi connectivity index (χ2v) is 6.04. The Bertz CT molecular complexity index is 453. The van der Waals surface area contributed by atoms with Gasteiger partial charge in [0.25, 0.3) is 5.91 Å². The van der Waals surface area contributed by atoms with Gasteiger partial charge in [-0.15, -0.1) is 0 Å². The Hall–Kier alpha value is -0.780. The Morgan fingerprint density at radius 2 is 2.05 bits per heavy atom. The molecule has 0 heterocycles. The van der Waals surface area contributed by atoms with Crippen molar-refractivity contribution in [3.63, 3.8) is 0 Å². The van der Waals surface area contributed by atoms with Crippen molar-refractivity contribution in [2.75, 3.05) is 19.7 Å². The molecule has 0 spiro atoms. The molecule has 19 heavy (non-hydrogen) atoms. The van der Waals surface area contributed by atoms with E-state index in [1.54, 1.807) is 0 Å². The minimum absolute atomic E-state index is 0.0812. The quantitative estimate of drug-likeness (QED) is 0.714. The number of hydrogen-bond donors (Lipinski definition) is 0. The molecule has 1 aromatic carbocycles. The number of halogens is 1. The normalized spacial score (nSPS) is 14.3. The van der Waals surface area contributed by atoms with Gasteiger partial charge >= 0.3 is 0 Å². The van der Waals surface area contributed by atoms with Crippen LogP contribution >= 0.6 is 22.6 Å². The summed E-state index contributed by atoms with van der Waals surface area (Å²) < 4.78 is 6.88. The zero-order chi connectivity index (χ0) is 13.8. The van der Waals surface area contributed by atoms with Gasteiger partial charge in [0.15, 0.2) is 0 Å². The van der Waals surface area contributed by atoms with Crippen LogP contribution in [0.5, 0.6) is 5.75 Å². The van der Waals surface area contributed by atoms with Gasteiger partial charge < -0.3 is 9.64 Å². The summed E-state index contributed by atoms with van der Waals surface area (Å²) in [5.41, 5.74) is 0.718. The fourth-order valence-corrected chi connectivity index (χ4v) is 2.42. The van der Waals surface area contributed by atoms with Gasteiger partial charge in [0.1, 0.15) is 5.75 Å². The van der Waals surface area contributed by atoms with Gasteiger partial charge in [-0.05, 0) is 73.4 Å². The Morgan fingerprint density at radius 1 is 1.37 bits per heavy atom. The highest BCUT2D eigenvalue weighted by atomic mass is 127. The van der Waals surface area contributed by atoms with E-state index in [1.165, 1.54) is 12.8 Å². The molecular formula is C15H20INO2. The number of amides is 1. The van der Waals surface area contributed by atoms with Gasteiger partial charge in [-0.3, -0.25) is 4.79 Å². The van der Waals surface area contributed by atoms with E-state index in [2.05, 4.69) is 22.6 Å². The van der Waals surface area contributed by atoms with Crippen LogP contribution in [0.4, 0.5) is 0 Å². The van der Waals surface area contributed by atoms with Crippen molar-refractivity contribution in [2.45, 2.75) is 26.7 Å². The van der Waals surface area contributed by atoms with Crippen LogP contribution in [0.3, 0.4) is 0 Å². The van der Waals surface area contributed by atoms with Crippen LogP contribution in [0.25, 0.3) is 0 Å². The molecule has 4 heteroatoms. The zero-order valence-electron chi connectivity index (χ0n) is 11.5. The summed E-state index contributed by atoms with van der Waals surface area (Å²) in [6.45, 7) is 6.25. The number of carbonyl (C=O) groups excluding carboxylic acids is 1. The average molecular weight is 373 g/mol. The van der Waals surface area contributed by atoms with Crippen LogP contribution in [0, 0.1) is 9.49 Å². The summed E-state index contributed by atoms with van der Waals surface area (Å²) in [5, 5.41) is 0. The molecule has 1 fully saturated rings. The lowest BCUT2D eigenvalue weighted by Crippen LogP contribution is -2.30. The molecule has 1 amide bonds. The molecule has 0 atom stereocenters. The lowest BCUT2D eigenvalue weighted by molar-refractivity contribution is 0.0772. The van der Waals surface area contributed by atoms with E-state index >= 15 is 0 Å². The predicted octanol–water partition coefficient (Wildman–Crippen LogP) is 3.56. The van der Waals surface area contributed by atoms with Crippen LogP contribution < -0.4 is 4.74 Å². The maximum absolute atomic E-state index is 12.3. The molecule has 0 saturated heterocycles. The Morgan fingerprint density at radius 3 is 2.63 bits per heavy atom. The highest BCUT2D eigenvalue weighted by Crippen LogP contribution is 2.31. The van der Waals surface area contributed by atoms with Gasteiger partial charge in [-0.2, -0.15) is 0 Å². The molecular weight excluding hydrogens is 353 g/mol. The minimum Gasteiger partial charge on any atom is -0.492 e. The third kappa shape index (κ3) is 3.84. The Kier molecular flexibility index (Phi) is 5.07. The smallest absolute Gasteiger partial charge is 0.253 e. The molecule has 0 radical (unpaired) electrons. The van der Waals surface area contributed by atoms with E-state index in [4.69, 9.17) is 4.74 Å². The molecule has 2 rings (SSSR count). The summed E-state index contributed by atoms with van der Waals surface area (Å²) in [6.07, 6.45) is 2.54. The summed E-state index contributed by atoms with van der Waals surface area (Å²) >= 11 is 2.25. The molecule has 3 nitrogen and oxygen atoms in total. The molecule has 0 aromatic heterocycles. The van der Waals surface area contributed by atoms with Crippen LogP contribution in [-0.2, 0) is 0 Å². The van der Waals surface area contributed by atoms with E-state index in [0.717, 1.165) is 40.5 Å². The number of nitrogens with zero attached hydrogens (tertiary/aromatic N) is 1. The standard InChI is InChI=1S/C15H20INO2/c1-3-17(4-2)15(18)12-7-8-13(16)14(9-12)19-10-11-5-6-11/h7-9,11H,3-6,10H2,1-2H3. The van der Waals surface area contributed by atoms with Crippen LogP contribution in [0.2, 0.25) is 0 Å². The third-order valence-corrected chi connectivity index (χ3v) is 4.29. The molecule has 1 saturated carbocycles. The first-order valence-corrected chi connectivity index (χ1v) is 7.95. The van der Waals surface area contributed by atoms with Crippen molar-refractivity contribution in [3.8, 4) is 5.75 Å². The third-order valence-electron chi connectivity index (χ3n) is 3.40. The summed E-state index contributed by atoms with van der Waals surface area (Å²) in [6, 6.07) is 5.72. The van der Waals surface area contributed by atoms with Crippen molar-refractivity contribution in [3.05, 3.63) is 27.3 Å².